The van der Waals surface area contributed by atoms with Gasteiger partial charge in [-0.1, -0.05) is 0 Å². The second-order valence-electron chi connectivity index (χ2n) is 3.24. The summed E-state index contributed by atoms with van der Waals surface area (Å²) in [5.41, 5.74) is 0.0984. The molecule has 0 N–H and O–H groups in total. The van der Waals surface area contributed by atoms with Crippen LogP contribution >= 0.6 is 11.8 Å². The van der Waals surface area contributed by atoms with Crippen molar-refractivity contribution >= 4 is 11.8 Å². The molecule has 2 aliphatic heterocycles. The molecule has 2 nitrogen and oxygen atoms in total. The van der Waals surface area contributed by atoms with Crippen LogP contribution in [-0.4, -0.2) is 36.9 Å². The largest absolute Gasteiger partial charge is 0.378 e. The van der Waals surface area contributed by atoms with Gasteiger partial charge in [-0.05, 0) is 12.8 Å². The van der Waals surface area contributed by atoms with Crippen LogP contribution in [-0.2, 0) is 9.47 Å². The highest BCUT2D eigenvalue weighted by molar-refractivity contribution is 7.99. The summed E-state index contributed by atoms with van der Waals surface area (Å²) in [6.45, 7) is 2.65. The number of hydrogen-bond acceptors (Lipinski definition) is 3. The lowest BCUT2D eigenvalue weighted by atomic mass is 10.0. The first-order valence-corrected chi connectivity index (χ1v) is 5.36. The van der Waals surface area contributed by atoms with Crippen molar-refractivity contribution in [2.75, 3.05) is 31.3 Å². The molecule has 2 heterocycles. The molecule has 0 aliphatic carbocycles. The smallest absolute Gasteiger partial charge is 0.100 e. The maximum Gasteiger partial charge on any atom is 0.100 e. The lowest BCUT2D eigenvalue weighted by molar-refractivity contribution is -0.0415. The van der Waals surface area contributed by atoms with Gasteiger partial charge in [-0.25, -0.2) is 0 Å². The highest BCUT2D eigenvalue weighted by Crippen LogP contribution is 2.31. The van der Waals surface area contributed by atoms with Crippen LogP contribution < -0.4 is 0 Å². The molecule has 64 valence electrons. The zero-order chi connectivity index (χ0) is 7.57. The van der Waals surface area contributed by atoms with E-state index in [0.717, 1.165) is 31.3 Å². The van der Waals surface area contributed by atoms with Gasteiger partial charge in [-0.3, -0.25) is 0 Å². The van der Waals surface area contributed by atoms with Crippen molar-refractivity contribution < 1.29 is 9.47 Å². The minimum Gasteiger partial charge on any atom is -0.378 e. The van der Waals surface area contributed by atoms with Gasteiger partial charge in [0.25, 0.3) is 0 Å². The second-order valence-corrected chi connectivity index (χ2v) is 4.35. The van der Waals surface area contributed by atoms with Gasteiger partial charge >= 0.3 is 0 Å². The minimum atomic E-state index is 0.0984. The Kier molecular flexibility index (Phi) is 2.39. The van der Waals surface area contributed by atoms with Gasteiger partial charge in [0.1, 0.15) is 5.60 Å². The monoisotopic (exact) mass is 174 g/mol. The molecule has 0 aromatic rings. The molecule has 1 atom stereocenters. The fourth-order valence-electron chi connectivity index (χ4n) is 1.66. The lowest BCUT2D eigenvalue weighted by Gasteiger charge is -2.24. The van der Waals surface area contributed by atoms with Crippen molar-refractivity contribution in [1.82, 2.24) is 0 Å². The summed E-state index contributed by atoms with van der Waals surface area (Å²) in [4.78, 5) is 0. The first-order valence-electron chi connectivity index (χ1n) is 4.21. The summed E-state index contributed by atoms with van der Waals surface area (Å²) >= 11 is 1.96. The van der Waals surface area contributed by atoms with Crippen LogP contribution in [0.3, 0.4) is 0 Å². The molecule has 3 heteroatoms. The average molecular weight is 174 g/mol. The molecule has 0 aromatic carbocycles. The van der Waals surface area contributed by atoms with Crippen molar-refractivity contribution in [3.63, 3.8) is 0 Å². The standard InChI is InChI=1S/C8H14O2S/c1-2-8(10-3-1)6-9-4-5-11-7-8/h1-7H2. The van der Waals surface area contributed by atoms with E-state index in [0.29, 0.717) is 0 Å². The Morgan fingerprint density at radius 3 is 3.09 bits per heavy atom. The molecule has 1 spiro atoms. The van der Waals surface area contributed by atoms with Gasteiger partial charge in [0.2, 0.25) is 0 Å². The number of rotatable bonds is 0. The van der Waals surface area contributed by atoms with Gasteiger partial charge in [0.15, 0.2) is 0 Å². The predicted octanol–water partition coefficient (Wildman–Crippen LogP) is 1.30. The molecule has 2 rings (SSSR count). The maximum absolute atomic E-state index is 5.72. The second kappa shape index (κ2) is 3.33. The van der Waals surface area contributed by atoms with Gasteiger partial charge in [0.05, 0.1) is 13.2 Å². The Balaban J connectivity index is 1.97. The van der Waals surface area contributed by atoms with Gasteiger partial charge in [0, 0.05) is 18.1 Å². The molecular formula is C8H14O2S. The van der Waals surface area contributed by atoms with E-state index < -0.39 is 0 Å². The average Bonchev–Trinajstić information content (AvgIpc) is 2.32. The van der Waals surface area contributed by atoms with E-state index in [1.807, 2.05) is 11.8 Å². The summed E-state index contributed by atoms with van der Waals surface area (Å²) in [6, 6.07) is 0. The molecule has 1 unspecified atom stereocenters. The molecule has 0 aromatic heterocycles. The molecule has 0 saturated carbocycles. The molecule has 0 bridgehead atoms. The van der Waals surface area contributed by atoms with Crippen molar-refractivity contribution in [2.24, 2.45) is 0 Å². The first kappa shape index (κ1) is 7.90. The number of thioether (sulfide) groups is 1. The Bertz CT molecular complexity index is 122. The van der Waals surface area contributed by atoms with Crippen LogP contribution in [0.2, 0.25) is 0 Å². The fourth-order valence-corrected chi connectivity index (χ4v) is 2.72. The molecule has 2 aliphatic rings. The molecule has 0 radical (unpaired) electrons. The normalized spacial score (nSPS) is 39.3. The summed E-state index contributed by atoms with van der Waals surface area (Å²) in [5, 5.41) is 0. The lowest BCUT2D eigenvalue weighted by Crippen LogP contribution is -2.35. The van der Waals surface area contributed by atoms with Crippen molar-refractivity contribution in [3.05, 3.63) is 0 Å². The first-order chi connectivity index (χ1) is 5.41. The highest BCUT2D eigenvalue weighted by Gasteiger charge is 2.36. The zero-order valence-electron chi connectivity index (χ0n) is 6.67. The third-order valence-corrected chi connectivity index (χ3v) is 3.47. The minimum absolute atomic E-state index is 0.0984. The Labute approximate surface area is 71.6 Å². The Morgan fingerprint density at radius 1 is 1.27 bits per heavy atom. The third-order valence-electron chi connectivity index (χ3n) is 2.29. The zero-order valence-corrected chi connectivity index (χ0v) is 7.49. The fraction of sp³-hybridized carbons (Fsp3) is 1.00. The Morgan fingerprint density at radius 2 is 2.27 bits per heavy atom. The predicted molar refractivity (Wildman–Crippen MR) is 46.1 cm³/mol. The quantitative estimate of drug-likeness (QED) is 0.551. The van der Waals surface area contributed by atoms with Crippen LogP contribution in [0.5, 0.6) is 0 Å². The van der Waals surface area contributed by atoms with Crippen molar-refractivity contribution in [2.45, 2.75) is 18.4 Å². The summed E-state index contributed by atoms with van der Waals surface area (Å²) in [7, 11) is 0. The summed E-state index contributed by atoms with van der Waals surface area (Å²) in [5.74, 6) is 2.26. The van der Waals surface area contributed by atoms with Crippen LogP contribution in [0.1, 0.15) is 12.8 Å². The number of ether oxygens (including phenoxy) is 2. The highest BCUT2D eigenvalue weighted by atomic mass is 32.2. The van der Waals surface area contributed by atoms with E-state index in [-0.39, 0.29) is 5.60 Å². The van der Waals surface area contributed by atoms with E-state index in [1.165, 1.54) is 12.8 Å². The number of hydrogen-bond donors (Lipinski definition) is 0. The van der Waals surface area contributed by atoms with Gasteiger partial charge < -0.3 is 9.47 Å². The molecule has 0 amide bonds. The van der Waals surface area contributed by atoms with E-state index in [2.05, 4.69) is 0 Å². The molecule has 11 heavy (non-hydrogen) atoms. The van der Waals surface area contributed by atoms with E-state index in [1.54, 1.807) is 0 Å². The van der Waals surface area contributed by atoms with Crippen LogP contribution in [0, 0.1) is 0 Å². The summed E-state index contributed by atoms with van der Waals surface area (Å²) < 4.78 is 11.2. The van der Waals surface area contributed by atoms with E-state index in [4.69, 9.17) is 9.47 Å². The Hall–Kier alpha value is 0.270. The maximum atomic E-state index is 5.72. The third kappa shape index (κ3) is 1.71. The summed E-state index contributed by atoms with van der Waals surface area (Å²) in [6.07, 6.45) is 2.41. The van der Waals surface area contributed by atoms with Crippen molar-refractivity contribution in [3.8, 4) is 0 Å². The van der Waals surface area contributed by atoms with Crippen LogP contribution in [0.4, 0.5) is 0 Å². The van der Waals surface area contributed by atoms with Gasteiger partial charge in [-0.15, -0.1) is 0 Å². The van der Waals surface area contributed by atoms with Crippen molar-refractivity contribution in [1.29, 1.82) is 0 Å². The molecular weight excluding hydrogens is 160 g/mol. The SMILES string of the molecule is C1COC2(C1)COCCSC2. The van der Waals surface area contributed by atoms with Crippen LogP contribution in [0.15, 0.2) is 0 Å². The topological polar surface area (TPSA) is 18.5 Å². The molecule has 2 saturated heterocycles. The van der Waals surface area contributed by atoms with Gasteiger partial charge in [-0.2, -0.15) is 11.8 Å². The molecule has 2 fully saturated rings. The van der Waals surface area contributed by atoms with E-state index >= 15 is 0 Å². The van der Waals surface area contributed by atoms with E-state index in [9.17, 15) is 0 Å². The van der Waals surface area contributed by atoms with Crippen LogP contribution in [0.25, 0.3) is 0 Å².